The summed E-state index contributed by atoms with van der Waals surface area (Å²) < 4.78 is 0. The van der Waals surface area contributed by atoms with Crippen molar-refractivity contribution in [2.24, 2.45) is 5.73 Å². The minimum atomic E-state index is -0.0432. The van der Waals surface area contributed by atoms with Crippen molar-refractivity contribution in [3.05, 3.63) is 35.0 Å². The van der Waals surface area contributed by atoms with E-state index in [2.05, 4.69) is 6.58 Å². The molecule has 0 atom stereocenters. The molecule has 1 rings (SSSR count). The van der Waals surface area contributed by atoms with Crippen molar-refractivity contribution in [2.45, 2.75) is 6.54 Å². The van der Waals surface area contributed by atoms with E-state index in [1.165, 1.54) is 0 Å². The SMILES string of the molecule is C=CCN(Cc1cccs1)C(=O)CN. The maximum absolute atomic E-state index is 11.4. The van der Waals surface area contributed by atoms with E-state index in [0.717, 1.165) is 4.88 Å². The molecule has 76 valence electrons. The van der Waals surface area contributed by atoms with Gasteiger partial charge in [0.1, 0.15) is 0 Å². The average Bonchev–Trinajstić information content (AvgIpc) is 2.68. The number of nitrogens with two attached hydrogens (primary N) is 1. The molecule has 2 N–H and O–H groups in total. The summed E-state index contributed by atoms with van der Waals surface area (Å²) in [5.41, 5.74) is 5.31. The molecule has 0 aliphatic carbocycles. The highest BCUT2D eigenvalue weighted by molar-refractivity contribution is 7.09. The zero-order valence-electron chi connectivity index (χ0n) is 7.98. The molecule has 0 bridgehead atoms. The van der Waals surface area contributed by atoms with Gasteiger partial charge in [-0.05, 0) is 11.4 Å². The molecule has 14 heavy (non-hydrogen) atoms. The predicted octanol–water partition coefficient (Wildman–Crippen LogP) is 1.22. The molecule has 1 aromatic rings. The van der Waals surface area contributed by atoms with Crippen LogP contribution in [0.2, 0.25) is 0 Å². The second-order valence-corrected chi connectivity index (χ2v) is 3.88. The number of hydrogen-bond donors (Lipinski definition) is 1. The zero-order valence-corrected chi connectivity index (χ0v) is 8.80. The van der Waals surface area contributed by atoms with Crippen molar-refractivity contribution in [3.63, 3.8) is 0 Å². The van der Waals surface area contributed by atoms with Crippen molar-refractivity contribution in [3.8, 4) is 0 Å². The molecule has 0 saturated carbocycles. The number of amides is 1. The largest absolute Gasteiger partial charge is 0.333 e. The summed E-state index contributed by atoms with van der Waals surface area (Å²) in [5, 5.41) is 1.99. The molecule has 4 heteroatoms. The molecule has 0 saturated heterocycles. The quantitative estimate of drug-likeness (QED) is 0.743. The highest BCUT2D eigenvalue weighted by Gasteiger charge is 2.10. The van der Waals surface area contributed by atoms with Gasteiger partial charge in [-0.2, -0.15) is 0 Å². The number of carbonyl (C=O) groups excluding carboxylic acids is 1. The Kier molecular flexibility index (Phi) is 4.35. The lowest BCUT2D eigenvalue weighted by Crippen LogP contribution is -2.35. The fourth-order valence-electron chi connectivity index (χ4n) is 1.13. The van der Waals surface area contributed by atoms with E-state index in [-0.39, 0.29) is 12.5 Å². The molecule has 0 unspecified atom stereocenters. The number of hydrogen-bond acceptors (Lipinski definition) is 3. The van der Waals surface area contributed by atoms with Crippen LogP contribution in [-0.4, -0.2) is 23.9 Å². The molecular formula is C10H14N2OS. The fourth-order valence-corrected chi connectivity index (χ4v) is 1.85. The van der Waals surface area contributed by atoms with Crippen LogP contribution in [0, 0.1) is 0 Å². The first-order chi connectivity index (χ1) is 6.77. The Bertz CT molecular complexity index is 295. The third kappa shape index (κ3) is 2.97. The van der Waals surface area contributed by atoms with E-state index in [0.29, 0.717) is 13.1 Å². The van der Waals surface area contributed by atoms with Gasteiger partial charge >= 0.3 is 0 Å². The van der Waals surface area contributed by atoms with Crippen LogP contribution in [0.3, 0.4) is 0 Å². The predicted molar refractivity (Wildman–Crippen MR) is 59.0 cm³/mol. The number of rotatable bonds is 5. The second kappa shape index (κ2) is 5.57. The average molecular weight is 210 g/mol. The van der Waals surface area contributed by atoms with Gasteiger partial charge in [0.25, 0.3) is 0 Å². The topological polar surface area (TPSA) is 46.3 Å². The van der Waals surface area contributed by atoms with Crippen LogP contribution in [0.1, 0.15) is 4.88 Å². The molecular weight excluding hydrogens is 196 g/mol. The van der Waals surface area contributed by atoms with Crippen LogP contribution in [0.5, 0.6) is 0 Å². The Morgan fingerprint density at radius 1 is 1.71 bits per heavy atom. The Balaban J connectivity index is 2.59. The van der Waals surface area contributed by atoms with Gasteiger partial charge in [0.2, 0.25) is 5.91 Å². The van der Waals surface area contributed by atoms with Crippen molar-refractivity contribution in [2.75, 3.05) is 13.1 Å². The summed E-state index contributed by atoms with van der Waals surface area (Å²) in [5.74, 6) is -0.0432. The van der Waals surface area contributed by atoms with Gasteiger partial charge in [0, 0.05) is 11.4 Å². The fraction of sp³-hybridized carbons (Fsp3) is 0.300. The van der Waals surface area contributed by atoms with Crippen LogP contribution in [0.25, 0.3) is 0 Å². The lowest BCUT2D eigenvalue weighted by Gasteiger charge is -2.19. The van der Waals surface area contributed by atoms with E-state index in [1.807, 2.05) is 17.5 Å². The normalized spacial score (nSPS) is 9.79. The summed E-state index contributed by atoms with van der Waals surface area (Å²) in [6, 6.07) is 3.98. The summed E-state index contributed by atoms with van der Waals surface area (Å²) in [6.45, 7) is 4.84. The molecule has 0 aromatic carbocycles. The first kappa shape index (κ1) is 10.9. The zero-order chi connectivity index (χ0) is 10.4. The van der Waals surface area contributed by atoms with Crippen LogP contribution in [0.4, 0.5) is 0 Å². The van der Waals surface area contributed by atoms with E-state index < -0.39 is 0 Å². The highest BCUT2D eigenvalue weighted by atomic mass is 32.1. The summed E-state index contributed by atoms with van der Waals surface area (Å²) in [4.78, 5) is 14.2. The molecule has 3 nitrogen and oxygen atoms in total. The van der Waals surface area contributed by atoms with Gasteiger partial charge in [-0.1, -0.05) is 12.1 Å². The van der Waals surface area contributed by atoms with Gasteiger partial charge in [0.05, 0.1) is 13.1 Å². The van der Waals surface area contributed by atoms with Gasteiger partial charge < -0.3 is 10.6 Å². The standard InChI is InChI=1S/C10H14N2OS/c1-2-5-12(10(13)7-11)8-9-4-3-6-14-9/h2-4,6H,1,5,7-8,11H2. The summed E-state index contributed by atoms with van der Waals surface area (Å²) in [7, 11) is 0. The minimum absolute atomic E-state index is 0.0432. The number of carbonyl (C=O) groups is 1. The highest BCUT2D eigenvalue weighted by Crippen LogP contribution is 2.11. The van der Waals surface area contributed by atoms with E-state index in [9.17, 15) is 4.79 Å². The van der Waals surface area contributed by atoms with Crippen LogP contribution < -0.4 is 5.73 Å². The molecule has 0 aliphatic heterocycles. The molecule has 1 amide bonds. The van der Waals surface area contributed by atoms with Crippen LogP contribution in [0.15, 0.2) is 30.2 Å². The lowest BCUT2D eigenvalue weighted by molar-refractivity contribution is -0.129. The second-order valence-electron chi connectivity index (χ2n) is 2.85. The van der Waals surface area contributed by atoms with E-state index >= 15 is 0 Å². The smallest absolute Gasteiger partial charge is 0.236 e. The summed E-state index contributed by atoms with van der Waals surface area (Å²) in [6.07, 6.45) is 1.71. The van der Waals surface area contributed by atoms with Crippen LogP contribution >= 0.6 is 11.3 Å². The van der Waals surface area contributed by atoms with Gasteiger partial charge in [-0.3, -0.25) is 4.79 Å². The van der Waals surface area contributed by atoms with Gasteiger partial charge in [0.15, 0.2) is 0 Å². The first-order valence-electron chi connectivity index (χ1n) is 4.39. The van der Waals surface area contributed by atoms with Gasteiger partial charge in [-0.25, -0.2) is 0 Å². The molecule has 0 aliphatic rings. The Labute approximate surface area is 87.8 Å². The number of nitrogens with zero attached hydrogens (tertiary/aromatic N) is 1. The van der Waals surface area contributed by atoms with E-state index in [1.54, 1.807) is 22.3 Å². The Morgan fingerprint density at radius 3 is 3.00 bits per heavy atom. The van der Waals surface area contributed by atoms with E-state index in [4.69, 9.17) is 5.73 Å². The van der Waals surface area contributed by atoms with Crippen LogP contribution in [-0.2, 0) is 11.3 Å². The first-order valence-corrected chi connectivity index (χ1v) is 5.27. The molecule has 0 radical (unpaired) electrons. The van der Waals surface area contributed by atoms with Gasteiger partial charge in [-0.15, -0.1) is 17.9 Å². The molecule has 0 spiro atoms. The third-order valence-electron chi connectivity index (χ3n) is 1.80. The number of thiophene rings is 1. The van der Waals surface area contributed by atoms with Crippen molar-refractivity contribution in [1.82, 2.24) is 4.90 Å². The Hall–Kier alpha value is -1.13. The maximum Gasteiger partial charge on any atom is 0.236 e. The molecule has 0 fully saturated rings. The minimum Gasteiger partial charge on any atom is -0.333 e. The van der Waals surface area contributed by atoms with Crippen molar-refractivity contribution < 1.29 is 4.79 Å². The summed E-state index contributed by atoms with van der Waals surface area (Å²) >= 11 is 1.64. The monoisotopic (exact) mass is 210 g/mol. The molecule has 1 heterocycles. The Morgan fingerprint density at radius 2 is 2.50 bits per heavy atom. The van der Waals surface area contributed by atoms with Crippen molar-refractivity contribution >= 4 is 17.2 Å². The van der Waals surface area contributed by atoms with Crippen molar-refractivity contribution in [1.29, 1.82) is 0 Å². The maximum atomic E-state index is 11.4. The third-order valence-corrected chi connectivity index (χ3v) is 2.66. The molecule has 1 aromatic heterocycles. The lowest BCUT2D eigenvalue weighted by atomic mass is 10.4.